The van der Waals surface area contributed by atoms with E-state index in [-0.39, 0.29) is 12.5 Å². The largest absolute Gasteiger partial charge is 0.484 e. The van der Waals surface area contributed by atoms with Crippen molar-refractivity contribution in [1.29, 1.82) is 0 Å². The summed E-state index contributed by atoms with van der Waals surface area (Å²) in [6.45, 7) is 6.76. The third kappa shape index (κ3) is 4.03. The second-order valence-electron chi connectivity index (χ2n) is 7.69. The van der Waals surface area contributed by atoms with Gasteiger partial charge in [0.1, 0.15) is 11.6 Å². The molecule has 146 valence electrons. The van der Waals surface area contributed by atoms with Crippen molar-refractivity contribution in [2.24, 2.45) is 5.92 Å². The molecule has 1 aromatic heterocycles. The van der Waals surface area contributed by atoms with E-state index in [1.807, 2.05) is 42.2 Å². The van der Waals surface area contributed by atoms with E-state index >= 15 is 0 Å². The number of piperidine rings is 1. The number of ether oxygens (including phenoxy) is 1. The van der Waals surface area contributed by atoms with Gasteiger partial charge in [-0.05, 0) is 62.4 Å². The van der Waals surface area contributed by atoms with E-state index in [0.29, 0.717) is 5.92 Å². The molecule has 28 heavy (non-hydrogen) atoms. The van der Waals surface area contributed by atoms with E-state index in [4.69, 9.17) is 4.74 Å². The lowest BCUT2D eigenvalue weighted by molar-refractivity contribution is -0.134. The number of para-hydroxylation sites is 2. The lowest BCUT2D eigenvalue weighted by atomic mass is 9.96. The number of benzene rings is 2. The van der Waals surface area contributed by atoms with Gasteiger partial charge >= 0.3 is 0 Å². The number of hydrogen-bond acceptors (Lipinski definition) is 3. The van der Waals surface area contributed by atoms with Crippen molar-refractivity contribution in [2.75, 3.05) is 19.7 Å². The summed E-state index contributed by atoms with van der Waals surface area (Å²) >= 11 is 0. The number of rotatable bonds is 5. The summed E-state index contributed by atoms with van der Waals surface area (Å²) in [5, 5.41) is 0. The molecule has 0 unspecified atom stereocenters. The Morgan fingerprint density at radius 1 is 1.11 bits per heavy atom. The van der Waals surface area contributed by atoms with Crippen molar-refractivity contribution in [3.8, 4) is 5.75 Å². The molecule has 0 atom stereocenters. The van der Waals surface area contributed by atoms with E-state index in [9.17, 15) is 4.79 Å². The molecule has 0 radical (unpaired) electrons. The minimum atomic E-state index is 0.0733. The van der Waals surface area contributed by atoms with Crippen LogP contribution in [-0.4, -0.2) is 40.1 Å². The van der Waals surface area contributed by atoms with Crippen molar-refractivity contribution < 1.29 is 9.53 Å². The second-order valence-corrected chi connectivity index (χ2v) is 7.69. The zero-order valence-electron chi connectivity index (χ0n) is 16.6. The number of imidazole rings is 1. The monoisotopic (exact) mass is 377 g/mol. The predicted octanol–water partition coefficient (Wildman–Crippen LogP) is 3.97. The van der Waals surface area contributed by atoms with Gasteiger partial charge in [0.15, 0.2) is 6.61 Å². The minimum Gasteiger partial charge on any atom is -0.484 e. The molecule has 1 aliphatic heterocycles. The van der Waals surface area contributed by atoms with Crippen molar-refractivity contribution in [3.63, 3.8) is 0 Å². The van der Waals surface area contributed by atoms with E-state index in [1.165, 1.54) is 5.52 Å². The summed E-state index contributed by atoms with van der Waals surface area (Å²) in [5.41, 5.74) is 3.39. The van der Waals surface area contributed by atoms with E-state index in [0.717, 1.165) is 55.1 Å². The Bertz CT molecular complexity index is 971. The topological polar surface area (TPSA) is 47.4 Å². The lowest BCUT2D eigenvalue weighted by Crippen LogP contribution is -2.41. The highest BCUT2D eigenvalue weighted by atomic mass is 16.5. The molecule has 0 saturated carbocycles. The summed E-state index contributed by atoms with van der Waals surface area (Å²) in [7, 11) is 0. The average Bonchev–Trinajstić information content (AvgIpc) is 3.02. The van der Waals surface area contributed by atoms with Gasteiger partial charge in [-0.1, -0.05) is 24.3 Å². The van der Waals surface area contributed by atoms with E-state index in [2.05, 4.69) is 34.7 Å². The van der Waals surface area contributed by atoms with Gasteiger partial charge in [0.25, 0.3) is 5.91 Å². The molecule has 1 saturated heterocycles. The standard InChI is InChI=1S/C23H27N3O2/c1-17-6-5-7-20(14-17)28-16-23(27)25-12-10-19(11-13-25)15-26-18(2)24-21-8-3-4-9-22(21)26/h3-9,14,19H,10-13,15-16H2,1-2H3. The first-order valence-corrected chi connectivity index (χ1v) is 9.99. The molecule has 1 aliphatic rings. The molecule has 2 heterocycles. The molecule has 0 spiro atoms. The van der Waals surface area contributed by atoms with Crippen molar-refractivity contribution in [3.05, 3.63) is 59.9 Å². The fourth-order valence-electron chi connectivity index (χ4n) is 3.99. The summed E-state index contributed by atoms with van der Waals surface area (Å²) < 4.78 is 7.99. The van der Waals surface area contributed by atoms with Crippen molar-refractivity contribution in [2.45, 2.75) is 33.2 Å². The first-order valence-electron chi connectivity index (χ1n) is 9.99. The Morgan fingerprint density at radius 2 is 1.89 bits per heavy atom. The maximum absolute atomic E-state index is 12.5. The van der Waals surface area contributed by atoms with Crippen LogP contribution < -0.4 is 4.74 Å². The van der Waals surface area contributed by atoms with Crippen LogP contribution in [0, 0.1) is 19.8 Å². The van der Waals surface area contributed by atoms with Crippen LogP contribution in [0.2, 0.25) is 0 Å². The van der Waals surface area contributed by atoms with E-state index < -0.39 is 0 Å². The van der Waals surface area contributed by atoms with Gasteiger partial charge in [0, 0.05) is 19.6 Å². The fraction of sp³-hybridized carbons (Fsp3) is 0.391. The van der Waals surface area contributed by atoms with Gasteiger partial charge in [-0.25, -0.2) is 4.98 Å². The number of amides is 1. The molecular weight excluding hydrogens is 350 g/mol. The second kappa shape index (κ2) is 8.05. The zero-order valence-corrected chi connectivity index (χ0v) is 16.6. The molecule has 3 aromatic rings. The SMILES string of the molecule is Cc1cccc(OCC(=O)N2CCC(Cn3c(C)nc4ccccc43)CC2)c1. The number of carbonyl (C=O) groups excluding carboxylic acids is 1. The molecule has 2 aromatic carbocycles. The third-order valence-electron chi connectivity index (χ3n) is 5.61. The fourth-order valence-corrected chi connectivity index (χ4v) is 3.99. The lowest BCUT2D eigenvalue weighted by Gasteiger charge is -2.32. The highest BCUT2D eigenvalue weighted by Crippen LogP contribution is 2.23. The van der Waals surface area contributed by atoms with Crippen LogP contribution in [0.25, 0.3) is 11.0 Å². The van der Waals surface area contributed by atoms with Crippen molar-refractivity contribution >= 4 is 16.9 Å². The van der Waals surface area contributed by atoms with Crippen LogP contribution in [0.1, 0.15) is 24.2 Å². The molecular formula is C23H27N3O2. The molecule has 1 amide bonds. The Balaban J connectivity index is 1.30. The van der Waals surface area contributed by atoms with E-state index in [1.54, 1.807) is 0 Å². The van der Waals surface area contributed by atoms with Gasteiger partial charge in [0.2, 0.25) is 0 Å². The molecule has 0 N–H and O–H groups in total. The van der Waals surface area contributed by atoms with Gasteiger partial charge in [-0.15, -0.1) is 0 Å². The number of nitrogens with zero attached hydrogens (tertiary/aromatic N) is 3. The van der Waals surface area contributed by atoms with Crippen LogP contribution in [0.5, 0.6) is 5.75 Å². The predicted molar refractivity (Wildman–Crippen MR) is 110 cm³/mol. The Labute approximate surface area is 165 Å². The third-order valence-corrected chi connectivity index (χ3v) is 5.61. The number of fused-ring (bicyclic) bond motifs is 1. The number of aromatic nitrogens is 2. The first-order chi connectivity index (χ1) is 13.6. The van der Waals surface area contributed by atoms with Crippen LogP contribution in [0.15, 0.2) is 48.5 Å². The maximum atomic E-state index is 12.5. The normalized spacial score (nSPS) is 15.1. The van der Waals surface area contributed by atoms with Gasteiger partial charge in [-0.2, -0.15) is 0 Å². The molecule has 5 nitrogen and oxygen atoms in total. The van der Waals surface area contributed by atoms with Gasteiger partial charge < -0.3 is 14.2 Å². The van der Waals surface area contributed by atoms with Gasteiger partial charge in [0.05, 0.1) is 11.0 Å². The maximum Gasteiger partial charge on any atom is 0.260 e. The average molecular weight is 377 g/mol. The van der Waals surface area contributed by atoms with Crippen LogP contribution in [0.3, 0.4) is 0 Å². The van der Waals surface area contributed by atoms with Crippen LogP contribution in [0.4, 0.5) is 0 Å². The highest BCUT2D eigenvalue weighted by molar-refractivity contribution is 5.78. The Morgan fingerprint density at radius 3 is 2.68 bits per heavy atom. The summed E-state index contributed by atoms with van der Waals surface area (Å²) in [5.74, 6) is 2.46. The molecule has 4 rings (SSSR count). The number of hydrogen-bond donors (Lipinski definition) is 0. The molecule has 0 aliphatic carbocycles. The smallest absolute Gasteiger partial charge is 0.260 e. The Hall–Kier alpha value is -2.82. The van der Waals surface area contributed by atoms with Crippen LogP contribution in [-0.2, 0) is 11.3 Å². The molecule has 0 bridgehead atoms. The first kappa shape index (κ1) is 18.5. The number of likely N-dealkylation sites (tertiary alicyclic amines) is 1. The minimum absolute atomic E-state index is 0.0733. The van der Waals surface area contributed by atoms with Crippen molar-refractivity contribution in [1.82, 2.24) is 14.5 Å². The quantitative estimate of drug-likeness (QED) is 0.676. The highest BCUT2D eigenvalue weighted by Gasteiger charge is 2.24. The van der Waals surface area contributed by atoms with Crippen LogP contribution >= 0.6 is 0 Å². The number of aryl methyl sites for hydroxylation is 2. The summed E-state index contributed by atoms with van der Waals surface area (Å²) in [6, 6.07) is 16.1. The van der Waals surface area contributed by atoms with Gasteiger partial charge in [-0.3, -0.25) is 4.79 Å². The summed E-state index contributed by atoms with van der Waals surface area (Å²) in [6.07, 6.45) is 2.03. The Kier molecular flexibility index (Phi) is 5.33. The zero-order chi connectivity index (χ0) is 19.5. The number of carbonyl (C=O) groups is 1. The molecule has 1 fully saturated rings. The summed E-state index contributed by atoms with van der Waals surface area (Å²) in [4.78, 5) is 19.1. The molecule has 5 heteroatoms.